The van der Waals surface area contributed by atoms with E-state index in [1.807, 2.05) is 24.3 Å². The number of nitrogens with one attached hydrogen (secondary N) is 1. The number of H-pyrrole nitrogens is 1. The summed E-state index contributed by atoms with van der Waals surface area (Å²) in [7, 11) is 0. The lowest BCUT2D eigenvalue weighted by Gasteiger charge is -2.44. The molecule has 1 fully saturated rings. The molecule has 1 aromatic heterocycles. The van der Waals surface area contributed by atoms with Crippen LogP contribution in [0, 0.1) is 0 Å². The molecule has 2 aliphatic rings. The van der Waals surface area contributed by atoms with Crippen LogP contribution in [0.2, 0.25) is 10.0 Å². The van der Waals surface area contributed by atoms with Crippen LogP contribution in [-0.4, -0.2) is 34.4 Å². The molecule has 3 aromatic rings. The molecule has 138 valence electrons. The van der Waals surface area contributed by atoms with Crippen molar-refractivity contribution in [3.63, 3.8) is 0 Å². The summed E-state index contributed by atoms with van der Waals surface area (Å²) in [6.07, 6.45) is 1.81. The highest BCUT2D eigenvalue weighted by atomic mass is 35.5. The summed E-state index contributed by atoms with van der Waals surface area (Å²) in [5.74, 6) is 1.37. The maximum absolute atomic E-state index is 12.7. The van der Waals surface area contributed by atoms with E-state index in [0.717, 1.165) is 42.9 Å². The molecule has 2 aliphatic heterocycles. The fraction of sp³-hybridized carbons (Fsp3) is 0.300. The first-order valence-corrected chi connectivity index (χ1v) is 9.70. The van der Waals surface area contributed by atoms with Gasteiger partial charge >= 0.3 is 0 Å². The highest BCUT2D eigenvalue weighted by molar-refractivity contribution is 6.36. The van der Waals surface area contributed by atoms with Gasteiger partial charge in [-0.3, -0.25) is 4.79 Å². The molecule has 2 aromatic carbocycles. The SMILES string of the molecule is O=C1CC2(CCN(c3nc4ccccc4[nH]3)CC2)Oc2c(Cl)cc(Cl)cc21. The molecule has 3 heterocycles. The molecule has 1 spiro atoms. The first-order chi connectivity index (χ1) is 13.0. The number of aromatic nitrogens is 2. The Hall–Kier alpha value is -2.24. The minimum atomic E-state index is -0.510. The summed E-state index contributed by atoms with van der Waals surface area (Å²) in [6, 6.07) is 11.2. The van der Waals surface area contributed by atoms with Crippen molar-refractivity contribution in [3.8, 4) is 5.75 Å². The molecule has 5 rings (SSSR count). The van der Waals surface area contributed by atoms with E-state index in [4.69, 9.17) is 27.9 Å². The first kappa shape index (κ1) is 16.9. The minimum Gasteiger partial charge on any atom is -0.484 e. The van der Waals surface area contributed by atoms with Crippen molar-refractivity contribution < 1.29 is 9.53 Å². The summed E-state index contributed by atoms with van der Waals surface area (Å²) < 4.78 is 6.29. The molecule has 0 amide bonds. The second kappa shape index (κ2) is 6.14. The molecule has 27 heavy (non-hydrogen) atoms. The van der Waals surface area contributed by atoms with E-state index < -0.39 is 5.60 Å². The number of ketones is 1. The van der Waals surface area contributed by atoms with Crippen molar-refractivity contribution in [2.45, 2.75) is 24.9 Å². The Morgan fingerprint density at radius 2 is 1.93 bits per heavy atom. The monoisotopic (exact) mass is 401 g/mol. The van der Waals surface area contributed by atoms with Crippen LogP contribution in [0.25, 0.3) is 11.0 Å². The van der Waals surface area contributed by atoms with Crippen molar-refractivity contribution in [2.24, 2.45) is 0 Å². The number of carbonyl (C=O) groups is 1. The Morgan fingerprint density at radius 3 is 2.70 bits per heavy atom. The smallest absolute Gasteiger partial charge is 0.203 e. The van der Waals surface area contributed by atoms with Crippen LogP contribution in [0.1, 0.15) is 29.6 Å². The number of piperidine rings is 1. The van der Waals surface area contributed by atoms with Gasteiger partial charge in [0.2, 0.25) is 5.95 Å². The molecule has 0 atom stereocenters. The lowest BCUT2D eigenvalue weighted by atomic mass is 9.82. The van der Waals surface area contributed by atoms with E-state index in [1.54, 1.807) is 12.1 Å². The lowest BCUT2D eigenvalue weighted by Crippen LogP contribution is -2.51. The Balaban J connectivity index is 1.39. The van der Waals surface area contributed by atoms with Crippen LogP contribution >= 0.6 is 23.2 Å². The number of fused-ring (bicyclic) bond motifs is 2. The number of ether oxygens (including phenoxy) is 1. The van der Waals surface area contributed by atoms with Gasteiger partial charge in [0.1, 0.15) is 11.4 Å². The van der Waals surface area contributed by atoms with Crippen LogP contribution in [0.3, 0.4) is 0 Å². The van der Waals surface area contributed by atoms with Gasteiger partial charge in [0.05, 0.1) is 28.0 Å². The number of rotatable bonds is 1. The number of nitrogens with zero attached hydrogens (tertiary/aromatic N) is 2. The highest BCUT2D eigenvalue weighted by Gasteiger charge is 2.44. The zero-order valence-electron chi connectivity index (χ0n) is 14.5. The topological polar surface area (TPSA) is 58.2 Å². The molecule has 0 saturated carbocycles. The van der Waals surface area contributed by atoms with Crippen LogP contribution < -0.4 is 9.64 Å². The number of hydrogen-bond donors (Lipinski definition) is 1. The minimum absolute atomic E-state index is 0.0397. The quantitative estimate of drug-likeness (QED) is 0.631. The average molecular weight is 402 g/mol. The summed E-state index contributed by atoms with van der Waals surface area (Å²) >= 11 is 12.3. The molecular formula is C20H17Cl2N3O2. The Morgan fingerprint density at radius 1 is 1.15 bits per heavy atom. The van der Waals surface area contributed by atoms with E-state index in [2.05, 4.69) is 14.9 Å². The zero-order chi connectivity index (χ0) is 18.6. The van der Waals surface area contributed by atoms with Crippen molar-refractivity contribution in [3.05, 3.63) is 52.0 Å². The largest absolute Gasteiger partial charge is 0.484 e. The third-order valence-corrected chi connectivity index (χ3v) is 5.96. The van der Waals surface area contributed by atoms with Gasteiger partial charge in [-0.25, -0.2) is 4.98 Å². The number of anilines is 1. The molecule has 0 unspecified atom stereocenters. The van der Waals surface area contributed by atoms with Crippen LogP contribution in [0.4, 0.5) is 5.95 Å². The van der Waals surface area contributed by atoms with Gasteiger partial charge in [0.25, 0.3) is 0 Å². The van der Waals surface area contributed by atoms with Crippen molar-refractivity contribution in [2.75, 3.05) is 18.0 Å². The second-order valence-electron chi connectivity index (χ2n) is 7.21. The van der Waals surface area contributed by atoms with Crippen LogP contribution in [0.15, 0.2) is 36.4 Å². The second-order valence-corrected chi connectivity index (χ2v) is 8.06. The average Bonchev–Trinajstić information content (AvgIpc) is 3.08. The molecule has 0 radical (unpaired) electrons. The summed E-state index contributed by atoms with van der Waals surface area (Å²) in [4.78, 5) is 22.9. The number of carbonyl (C=O) groups excluding carboxylic acids is 1. The fourth-order valence-corrected chi connectivity index (χ4v) is 4.54. The molecular weight excluding hydrogens is 385 g/mol. The fourth-order valence-electron chi connectivity index (χ4n) is 4.01. The van der Waals surface area contributed by atoms with Gasteiger partial charge in [-0.1, -0.05) is 35.3 Å². The standard InChI is InChI=1S/C20H17Cl2N3O2/c21-12-9-13-17(26)11-20(27-18(13)14(22)10-12)5-7-25(8-6-20)19-23-15-3-1-2-4-16(15)24-19/h1-4,9-10H,5-8,11H2,(H,23,24). The number of hydrogen-bond acceptors (Lipinski definition) is 4. The summed E-state index contributed by atoms with van der Waals surface area (Å²) in [6.45, 7) is 1.52. The van der Waals surface area contributed by atoms with Crippen molar-refractivity contribution in [1.29, 1.82) is 0 Å². The van der Waals surface area contributed by atoms with E-state index >= 15 is 0 Å². The van der Waals surface area contributed by atoms with Crippen molar-refractivity contribution >= 4 is 46.0 Å². The maximum Gasteiger partial charge on any atom is 0.203 e. The van der Waals surface area contributed by atoms with Gasteiger partial charge in [-0.2, -0.15) is 0 Å². The molecule has 5 nitrogen and oxygen atoms in total. The maximum atomic E-state index is 12.7. The predicted octanol–water partition coefficient (Wildman–Crippen LogP) is 4.87. The number of benzene rings is 2. The van der Waals surface area contributed by atoms with E-state index in [9.17, 15) is 4.79 Å². The molecule has 7 heteroatoms. The number of para-hydroxylation sites is 2. The number of imidazole rings is 1. The van der Waals surface area contributed by atoms with Gasteiger partial charge < -0.3 is 14.6 Å². The molecule has 1 saturated heterocycles. The third-order valence-electron chi connectivity index (χ3n) is 5.46. The highest BCUT2D eigenvalue weighted by Crippen LogP contribution is 2.44. The Kier molecular flexibility index (Phi) is 3.85. The van der Waals surface area contributed by atoms with Crippen molar-refractivity contribution in [1.82, 2.24) is 9.97 Å². The Labute approximate surface area is 166 Å². The lowest BCUT2D eigenvalue weighted by molar-refractivity contribution is 0.0231. The van der Waals surface area contributed by atoms with Gasteiger partial charge in [-0.05, 0) is 24.3 Å². The zero-order valence-corrected chi connectivity index (χ0v) is 16.0. The molecule has 0 bridgehead atoms. The third kappa shape index (κ3) is 2.86. The first-order valence-electron chi connectivity index (χ1n) is 8.94. The normalized spacial score (nSPS) is 18.6. The number of halogens is 2. The number of aromatic amines is 1. The van der Waals surface area contributed by atoms with Crippen LogP contribution in [-0.2, 0) is 0 Å². The number of Topliss-reactive ketones (excluding diaryl/α,β-unsaturated/α-hetero) is 1. The Bertz CT molecular complexity index is 1020. The molecule has 0 aliphatic carbocycles. The van der Waals surface area contributed by atoms with Gasteiger partial charge in [-0.15, -0.1) is 0 Å². The summed E-state index contributed by atoms with van der Waals surface area (Å²) in [5.41, 5.74) is 1.95. The van der Waals surface area contributed by atoms with Gasteiger partial charge in [0.15, 0.2) is 5.78 Å². The van der Waals surface area contributed by atoms with Crippen LogP contribution in [0.5, 0.6) is 5.75 Å². The predicted molar refractivity (Wildman–Crippen MR) is 106 cm³/mol. The van der Waals surface area contributed by atoms with Gasteiger partial charge in [0, 0.05) is 31.0 Å². The van der Waals surface area contributed by atoms with E-state index in [1.165, 1.54) is 0 Å². The van der Waals surface area contributed by atoms with E-state index in [0.29, 0.717) is 27.8 Å². The van der Waals surface area contributed by atoms with E-state index in [-0.39, 0.29) is 5.78 Å². The molecule has 1 N–H and O–H groups in total. The summed E-state index contributed by atoms with van der Waals surface area (Å²) in [5, 5.41) is 0.844.